The van der Waals surface area contributed by atoms with Crippen molar-refractivity contribution >= 4 is 45.6 Å². The summed E-state index contributed by atoms with van der Waals surface area (Å²) in [6.07, 6.45) is 0.224. The van der Waals surface area contributed by atoms with Crippen molar-refractivity contribution in [3.05, 3.63) is 37.4 Å². The van der Waals surface area contributed by atoms with E-state index in [2.05, 4.69) is 14.7 Å². The van der Waals surface area contributed by atoms with Crippen LogP contribution >= 0.6 is 23.5 Å². The van der Waals surface area contributed by atoms with Gasteiger partial charge in [0.1, 0.15) is 23.9 Å². The van der Waals surface area contributed by atoms with Gasteiger partial charge in [-0.2, -0.15) is 0 Å². The van der Waals surface area contributed by atoms with Gasteiger partial charge in [0.15, 0.2) is 0 Å². The number of rotatable bonds is 9. The highest BCUT2D eigenvalue weighted by Gasteiger charge is 2.22. The maximum absolute atomic E-state index is 11.5. The molecule has 0 amide bonds. The highest BCUT2D eigenvalue weighted by atomic mass is 35.5. The van der Waals surface area contributed by atoms with Crippen LogP contribution in [0.1, 0.15) is 6.42 Å². The maximum Gasteiger partial charge on any atom is 0.294 e. The number of hydrogen-bond acceptors (Lipinski definition) is 11. The SMILES string of the molecule is NS(=O)(=O)c1cc2c(cc1Cl)N=CN(CC[C@@H](CO[N+](=O)[O-])O[N+](=O)[O-])S2. The van der Waals surface area contributed by atoms with Gasteiger partial charge in [0.2, 0.25) is 10.0 Å². The second-order valence-electron chi connectivity index (χ2n) is 5.03. The summed E-state index contributed by atoms with van der Waals surface area (Å²) in [6, 6.07) is 2.61. The second kappa shape index (κ2) is 8.55. The number of nitrogens with zero attached hydrogens (tertiary/aromatic N) is 4. The minimum atomic E-state index is -4.03. The predicted octanol–water partition coefficient (Wildman–Crippen LogP) is 1.15. The topological polar surface area (TPSA) is 180 Å². The highest BCUT2D eigenvalue weighted by molar-refractivity contribution is 7.97. The molecule has 0 unspecified atom stereocenters. The number of halogens is 1. The Morgan fingerprint density at radius 1 is 1.33 bits per heavy atom. The van der Waals surface area contributed by atoms with Crippen LogP contribution in [0, 0.1) is 20.2 Å². The quantitative estimate of drug-likeness (QED) is 0.331. The minimum Gasteiger partial charge on any atom is -0.312 e. The number of fused-ring (bicyclic) bond motifs is 1. The molecule has 148 valence electrons. The first-order valence-corrected chi connectivity index (χ1v) is 9.69. The predicted molar refractivity (Wildman–Crippen MR) is 93.0 cm³/mol. The third kappa shape index (κ3) is 6.09. The molecule has 0 fully saturated rings. The summed E-state index contributed by atoms with van der Waals surface area (Å²) in [7, 11) is -4.03. The fraction of sp³-hybridized carbons (Fsp3) is 0.364. The first-order chi connectivity index (χ1) is 12.6. The normalized spacial score (nSPS) is 14.4. The Balaban J connectivity index is 2.06. The summed E-state index contributed by atoms with van der Waals surface area (Å²) < 4.78 is 24.6. The summed E-state index contributed by atoms with van der Waals surface area (Å²) in [5.41, 5.74) is 0.420. The van der Waals surface area contributed by atoms with E-state index in [1.165, 1.54) is 22.8 Å². The van der Waals surface area contributed by atoms with Crippen molar-refractivity contribution in [3.8, 4) is 0 Å². The Kier molecular flexibility index (Phi) is 6.63. The van der Waals surface area contributed by atoms with Gasteiger partial charge in [-0.15, -0.1) is 20.2 Å². The van der Waals surface area contributed by atoms with E-state index in [0.717, 1.165) is 11.9 Å². The van der Waals surface area contributed by atoms with E-state index in [1.807, 2.05) is 0 Å². The summed E-state index contributed by atoms with van der Waals surface area (Å²) in [5, 5.41) is 23.6. The standard InChI is InChI=1S/C11H12ClN5O8S2/c12-8-3-9-10(4-11(8)27(13,22)23)26-15(6-14-9)2-1-7(25-17(20)21)5-24-16(18)19/h3-4,6-7H,1-2,5H2,(H2,13,22,23)/t7-/m0/s1. The Morgan fingerprint density at radius 2 is 2.04 bits per heavy atom. The molecule has 0 aromatic heterocycles. The van der Waals surface area contributed by atoms with Crippen LogP contribution in [-0.4, -0.2) is 48.5 Å². The second-order valence-corrected chi connectivity index (χ2v) is 8.06. The first-order valence-electron chi connectivity index (χ1n) is 7.00. The molecule has 0 saturated carbocycles. The lowest BCUT2D eigenvalue weighted by Crippen LogP contribution is -2.29. The molecule has 1 aliphatic rings. The van der Waals surface area contributed by atoms with Gasteiger partial charge in [-0.1, -0.05) is 11.6 Å². The smallest absolute Gasteiger partial charge is 0.294 e. The minimum absolute atomic E-state index is 0.00118. The van der Waals surface area contributed by atoms with Gasteiger partial charge < -0.3 is 14.0 Å². The molecule has 0 radical (unpaired) electrons. The van der Waals surface area contributed by atoms with Gasteiger partial charge in [0, 0.05) is 6.54 Å². The van der Waals surface area contributed by atoms with Crippen molar-refractivity contribution in [1.82, 2.24) is 4.31 Å². The molecule has 27 heavy (non-hydrogen) atoms. The van der Waals surface area contributed by atoms with Crippen molar-refractivity contribution < 1.29 is 28.3 Å². The fourth-order valence-corrected chi connectivity index (χ4v) is 4.09. The molecule has 0 spiro atoms. The number of aliphatic imine (C=N–C) groups is 1. The number of nitrogens with two attached hydrogens (primary N) is 1. The van der Waals surface area contributed by atoms with Crippen LogP contribution in [0.5, 0.6) is 0 Å². The Bertz CT molecular complexity index is 880. The van der Waals surface area contributed by atoms with E-state index in [0.29, 0.717) is 10.6 Å². The number of sulfonamides is 1. The number of primary sulfonamides is 1. The Morgan fingerprint density at radius 3 is 2.63 bits per heavy atom. The maximum atomic E-state index is 11.5. The Labute approximate surface area is 161 Å². The van der Waals surface area contributed by atoms with Crippen LogP contribution in [0.2, 0.25) is 5.02 Å². The number of hydrogen-bond donors (Lipinski definition) is 1. The largest absolute Gasteiger partial charge is 0.312 e. The van der Waals surface area contributed by atoms with E-state index in [1.54, 1.807) is 0 Å². The first kappa shape index (κ1) is 20.9. The average Bonchev–Trinajstić information content (AvgIpc) is 2.55. The van der Waals surface area contributed by atoms with Gasteiger partial charge in [-0.3, -0.25) is 0 Å². The van der Waals surface area contributed by atoms with Crippen LogP contribution < -0.4 is 5.14 Å². The van der Waals surface area contributed by atoms with Crippen molar-refractivity contribution in [2.24, 2.45) is 10.1 Å². The summed E-state index contributed by atoms with van der Waals surface area (Å²) >= 11 is 6.98. The molecule has 0 aliphatic carbocycles. The van der Waals surface area contributed by atoms with Crippen molar-refractivity contribution in [2.75, 3.05) is 13.2 Å². The van der Waals surface area contributed by atoms with Crippen LogP contribution in [0.25, 0.3) is 0 Å². The zero-order valence-electron chi connectivity index (χ0n) is 13.3. The fourth-order valence-electron chi connectivity index (χ4n) is 2.00. The van der Waals surface area contributed by atoms with E-state index >= 15 is 0 Å². The average molecular weight is 442 g/mol. The van der Waals surface area contributed by atoms with Gasteiger partial charge >= 0.3 is 0 Å². The van der Waals surface area contributed by atoms with E-state index in [4.69, 9.17) is 16.7 Å². The van der Waals surface area contributed by atoms with Crippen LogP contribution in [0.15, 0.2) is 26.9 Å². The third-order valence-electron chi connectivity index (χ3n) is 3.13. The molecular formula is C11H12ClN5O8S2. The molecule has 1 aromatic rings. The van der Waals surface area contributed by atoms with Gasteiger partial charge in [0.25, 0.3) is 10.2 Å². The monoisotopic (exact) mass is 441 g/mol. The summed E-state index contributed by atoms with van der Waals surface area (Å²) in [6.45, 7) is -0.480. The lowest BCUT2D eigenvalue weighted by Gasteiger charge is -2.24. The molecule has 2 rings (SSSR count). The zero-order chi connectivity index (χ0) is 20.2. The summed E-state index contributed by atoms with van der Waals surface area (Å²) in [4.78, 5) is 33.4. The van der Waals surface area contributed by atoms with Gasteiger partial charge in [-0.05, 0) is 30.5 Å². The Hall–Kier alpha value is -2.36. The van der Waals surface area contributed by atoms with Gasteiger partial charge in [0.05, 0.1) is 15.6 Å². The van der Waals surface area contributed by atoms with Crippen molar-refractivity contribution in [2.45, 2.75) is 22.3 Å². The van der Waals surface area contributed by atoms with Gasteiger partial charge in [-0.25, -0.2) is 18.5 Å². The molecule has 0 bridgehead atoms. The lowest BCUT2D eigenvalue weighted by atomic mass is 10.3. The summed E-state index contributed by atoms with van der Waals surface area (Å²) in [5.74, 6) is 0. The molecule has 1 aromatic carbocycles. The van der Waals surface area contributed by atoms with Crippen LogP contribution in [-0.2, 0) is 19.7 Å². The zero-order valence-corrected chi connectivity index (χ0v) is 15.6. The van der Waals surface area contributed by atoms with Crippen molar-refractivity contribution in [3.63, 3.8) is 0 Å². The third-order valence-corrected chi connectivity index (χ3v) is 5.54. The number of benzene rings is 1. The molecule has 1 atom stereocenters. The molecule has 0 saturated heterocycles. The van der Waals surface area contributed by atoms with E-state index < -0.39 is 32.9 Å². The lowest BCUT2D eigenvalue weighted by molar-refractivity contribution is -0.790. The molecule has 2 N–H and O–H groups in total. The molecule has 13 nitrogen and oxygen atoms in total. The molecule has 16 heteroatoms. The van der Waals surface area contributed by atoms with Crippen LogP contribution in [0.3, 0.4) is 0 Å². The molecule has 1 aliphatic heterocycles. The molecular weight excluding hydrogens is 430 g/mol. The van der Waals surface area contributed by atoms with Crippen molar-refractivity contribution in [1.29, 1.82) is 0 Å². The van der Waals surface area contributed by atoms with E-state index in [9.17, 15) is 28.6 Å². The van der Waals surface area contributed by atoms with Crippen LogP contribution in [0.4, 0.5) is 5.69 Å². The van der Waals surface area contributed by atoms with E-state index in [-0.39, 0.29) is 22.9 Å². The highest BCUT2D eigenvalue weighted by Crippen LogP contribution is 2.39. The molecule has 1 heterocycles.